The maximum atomic E-state index is 12.4. The number of aryl methyl sites for hydroxylation is 1. The predicted octanol–water partition coefficient (Wildman–Crippen LogP) is 2.48. The van der Waals surface area contributed by atoms with E-state index in [4.69, 9.17) is 0 Å². The molecule has 0 radical (unpaired) electrons. The molecule has 0 spiro atoms. The van der Waals surface area contributed by atoms with Crippen molar-refractivity contribution in [1.29, 1.82) is 0 Å². The molecule has 0 bridgehead atoms. The first kappa shape index (κ1) is 20.6. The van der Waals surface area contributed by atoms with Crippen LogP contribution in [0.1, 0.15) is 24.5 Å². The molecule has 1 aromatic heterocycles. The Hall–Kier alpha value is -4.14. The smallest absolute Gasteiger partial charge is 0.339 e. The second-order valence-corrected chi connectivity index (χ2v) is 6.42. The Bertz CT molecular complexity index is 1210. The van der Waals surface area contributed by atoms with Gasteiger partial charge in [0.25, 0.3) is 5.56 Å². The van der Waals surface area contributed by atoms with Gasteiger partial charge in [0, 0.05) is 5.69 Å². The summed E-state index contributed by atoms with van der Waals surface area (Å²) in [4.78, 5) is 39.1. The van der Waals surface area contributed by atoms with Gasteiger partial charge in [-0.3, -0.25) is 9.78 Å². The third-order valence-electron chi connectivity index (χ3n) is 4.39. The number of nitrogens with one attached hydrogen (secondary N) is 3. The van der Waals surface area contributed by atoms with Gasteiger partial charge in [-0.2, -0.15) is 5.10 Å². The molecule has 3 aromatic rings. The summed E-state index contributed by atoms with van der Waals surface area (Å²) in [6, 6.07) is 15.1. The number of hydrazone groups is 1. The number of aromatic nitrogens is 2. The van der Waals surface area contributed by atoms with Crippen LogP contribution in [0.3, 0.4) is 0 Å². The molecule has 1 heterocycles. The lowest BCUT2D eigenvalue weighted by molar-refractivity contribution is 0.252. The minimum atomic E-state index is -0.798. The number of para-hydroxylation sites is 2. The van der Waals surface area contributed by atoms with Crippen molar-refractivity contribution in [3.63, 3.8) is 0 Å². The fraction of sp³-hybridized carbons (Fsp3) is 0.143. The monoisotopic (exact) mass is 407 g/mol. The van der Waals surface area contributed by atoms with Crippen LogP contribution in [0.15, 0.2) is 69.3 Å². The molecule has 30 heavy (non-hydrogen) atoms. The van der Waals surface area contributed by atoms with Crippen molar-refractivity contribution in [2.45, 2.75) is 20.3 Å². The van der Waals surface area contributed by atoms with Crippen molar-refractivity contribution in [2.24, 2.45) is 5.10 Å². The number of nitrogens with zero attached hydrogens (tertiary/aromatic N) is 2. The lowest BCUT2D eigenvalue weighted by Gasteiger charge is -2.14. The van der Waals surface area contributed by atoms with E-state index in [1.165, 1.54) is 0 Å². The van der Waals surface area contributed by atoms with E-state index in [0.717, 1.165) is 10.1 Å². The van der Waals surface area contributed by atoms with Gasteiger partial charge in [0.2, 0.25) is 5.88 Å². The molecule has 2 amide bonds. The first-order chi connectivity index (χ1) is 14.4. The topological polar surface area (TPSA) is 129 Å². The van der Waals surface area contributed by atoms with Gasteiger partial charge in [0.15, 0.2) is 0 Å². The van der Waals surface area contributed by atoms with Crippen LogP contribution < -0.4 is 22.0 Å². The van der Waals surface area contributed by atoms with Gasteiger partial charge in [-0.05, 0) is 37.1 Å². The quantitative estimate of drug-likeness (QED) is 0.382. The van der Waals surface area contributed by atoms with Crippen LogP contribution in [0.4, 0.5) is 10.5 Å². The highest BCUT2D eigenvalue weighted by Gasteiger charge is 2.20. The zero-order valence-corrected chi connectivity index (χ0v) is 16.5. The summed E-state index contributed by atoms with van der Waals surface area (Å²) >= 11 is 0. The fourth-order valence-electron chi connectivity index (χ4n) is 2.93. The van der Waals surface area contributed by atoms with Gasteiger partial charge in [-0.15, -0.1) is 0 Å². The van der Waals surface area contributed by atoms with Gasteiger partial charge in [0.1, 0.15) is 5.56 Å². The lowest BCUT2D eigenvalue weighted by Crippen LogP contribution is -2.34. The molecular weight excluding hydrogens is 386 g/mol. The summed E-state index contributed by atoms with van der Waals surface area (Å²) in [6.07, 6.45) is 0.217. The van der Waals surface area contributed by atoms with Crippen molar-refractivity contribution in [1.82, 2.24) is 15.0 Å². The Balaban J connectivity index is 1.98. The third-order valence-corrected chi connectivity index (χ3v) is 4.39. The number of urea groups is 1. The number of anilines is 1. The molecule has 2 aromatic carbocycles. The molecule has 3 rings (SSSR count). The van der Waals surface area contributed by atoms with Crippen LogP contribution in [0.2, 0.25) is 0 Å². The minimum Gasteiger partial charge on any atom is -0.493 e. The number of carbonyl (C=O) groups is 1. The second kappa shape index (κ2) is 8.91. The van der Waals surface area contributed by atoms with E-state index >= 15 is 0 Å². The zero-order chi connectivity index (χ0) is 21.7. The van der Waals surface area contributed by atoms with E-state index < -0.39 is 23.2 Å². The van der Waals surface area contributed by atoms with E-state index in [0.29, 0.717) is 11.4 Å². The van der Waals surface area contributed by atoms with E-state index in [2.05, 4.69) is 20.8 Å². The van der Waals surface area contributed by atoms with Crippen molar-refractivity contribution >= 4 is 17.4 Å². The molecule has 0 unspecified atom stereocenters. The average Bonchev–Trinajstić information content (AvgIpc) is 2.72. The largest absolute Gasteiger partial charge is 0.493 e. The third kappa shape index (κ3) is 4.30. The maximum Gasteiger partial charge on any atom is 0.339 e. The number of aromatic amines is 1. The Morgan fingerprint density at radius 1 is 1.10 bits per heavy atom. The summed E-state index contributed by atoms with van der Waals surface area (Å²) in [5.74, 6) is -0.552. The van der Waals surface area contributed by atoms with Crippen molar-refractivity contribution < 1.29 is 9.90 Å². The highest BCUT2D eigenvalue weighted by molar-refractivity contribution is 6.02. The molecule has 154 valence electrons. The molecule has 0 saturated carbocycles. The summed E-state index contributed by atoms with van der Waals surface area (Å²) < 4.78 is 1.00. The Morgan fingerprint density at radius 3 is 2.43 bits per heavy atom. The van der Waals surface area contributed by atoms with E-state index in [1.54, 1.807) is 62.4 Å². The molecule has 9 nitrogen and oxygen atoms in total. The van der Waals surface area contributed by atoms with E-state index in [-0.39, 0.29) is 17.7 Å². The number of benzene rings is 2. The molecule has 0 aliphatic carbocycles. The predicted molar refractivity (Wildman–Crippen MR) is 114 cm³/mol. The second-order valence-electron chi connectivity index (χ2n) is 6.42. The number of hydrogen-bond acceptors (Lipinski definition) is 5. The van der Waals surface area contributed by atoms with Gasteiger partial charge in [-0.1, -0.05) is 43.3 Å². The Morgan fingerprint density at radius 2 is 1.77 bits per heavy atom. The number of aromatic hydroxyl groups is 1. The van der Waals surface area contributed by atoms with E-state index in [9.17, 15) is 19.5 Å². The summed E-state index contributed by atoms with van der Waals surface area (Å²) in [5, 5.41) is 17.3. The maximum absolute atomic E-state index is 12.4. The van der Waals surface area contributed by atoms with Crippen molar-refractivity contribution in [3.8, 4) is 11.6 Å². The molecule has 0 atom stereocenters. The molecule has 0 saturated heterocycles. The first-order valence-electron chi connectivity index (χ1n) is 9.25. The van der Waals surface area contributed by atoms with Crippen molar-refractivity contribution in [2.75, 3.05) is 5.32 Å². The molecule has 4 N–H and O–H groups in total. The van der Waals surface area contributed by atoms with Crippen LogP contribution in [-0.4, -0.2) is 26.4 Å². The first-order valence-corrected chi connectivity index (χ1v) is 9.25. The van der Waals surface area contributed by atoms with Crippen LogP contribution in [0.25, 0.3) is 5.69 Å². The molecule has 9 heteroatoms. The van der Waals surface area contributed by atoms with Gasteiger partial charge < -0.3 is 10.4 Å². The van der Waals surface area contributed by atoms with Crippen molar-refractivity contribution in [3.05, 3.63) is 86.6 Å². The van der Waals surface area contributed by atoms with Crippen LogP contribution >= 0.6 is 0 Å². The van der Waals surface area contributed by atoms with Gasteiger partial charge in [0.05, 0.1) is 11.4 Å². The highest BCUT2D eigenvalue weighted by Crippen LogP contribution is 2.20. The van der Waals surface area contributed by atoms with Gasteiger partial charge in [-0.25, -0.2) is 19.6 Å². The number of carbonyl (C=O) groups excluding carboxylic acids is 1. The summed E-state index contributed by atoms with van der Waals surface area (Å²) in [6.45, 7) is 3.48. The van der Waals surface area contributed by atoms with Gasteiger partial charge >= 0.3 is 11.7 Å². The molecule has 0 aliphatic heterocycles. The van der Waals surface area contributed by atoms with Crippen LogP contribution in [0.5, 0.6) is 5.88 Å². The van der Waals surface area contributed by atoms with Crippen LogP contribution in [-0.2, 0) is 0 Å². The average molecular weight is 407 g/mol. The standard InChI is InChI=1S/C21H21N5O4/c1-3-15(24-25-20(29)22-14-10-5-4-6-11-14)17-18(27)23-21(30)26(19(17)28)16-12-8-7-9-13(16)2/h4-12,28H,3H2,1-2H3,(H2,22,25,29)(H,23,27,30). The summed E-state index contributed by atoms with van der Waals surface area (Å²) in [7, 11) is 0. The highest BCUT2D eigenvalue weighted by atomic mass is 16.3. The molecular formula is C21H21N5O4. The number of H-pyrrole nitrogens is 1. The Labute approximate surface area is 171 Å². The van der Waals surface area contributed by atoms with E-state index in [1.807, 2.05) is 6.07 Å². The van der Waals surface area contributed by atoms with Crippen LogP contribution in [0, 0.1) is 6.92 Å². The zero-order valence-electron chi connectivity index (χ0n) is 16.5. The minimum absolute atomic E-state index is 0.110. The fourth-order valence-corrected chi connectivity index (χ4v) is 2.93. The molecule has 0 aliphatic rings. The number of hydrogen-bond donors (Lipinski definition) is 4. The lowest BCUT2D eigenvalue weighted by atomic mass is 10.1. The SMILES string of the molecule is CCC(=NNC(=O)Nc1ccccc1)c1c(O)n(-c2ccccc2C)c(=O)[nH]c1=O. The summed E-state index contributed by atoms with van der Waals surface area (Å²) in [5.41, 5.74) is 2.36. The number of amides is 2. The number of rotatable bonds is 5. The molecule has 0 fully saturated rings. The Kier molecular flexibility index (Phi) is 6.11. The normalized spacial score (nSPS) is 11.2.